The van der Waals surface area contributed by atoms with Gasteiger partial charge >= 0.3 is 0 Å². The zero-order chi connectivity index (χ0) is 16.0. The number of aromatic nitrogens is 3. The van der Waals surface area contributed by atoms with Gasteiger partial charge in [-0.25, -0.2) is 9.61 Å². The van der Waals surface area contributed by atoms with E-state index >= 15 is 0 Å². The number of rotatable bonds is 2. The Bertz CT molecular complexity index is 1070. The Labute approximate surface area is 139 Å². The zero-order valence-electron chi connectivity index (χ0n) is 12.3. The third kappa shape index (κ3) is 2.23. The normalized spacial score (nSPS) is 11.0. The molecule has 0 amide bonds. The summed E-state index contributed by atoms with van der Waals surface area (Å²) in [5.74, 6) is 0. The van der Waals surface area contributed by atoms with Crippen LogP contribution in [0.1, 0.15) is 15.4 Å². The average molecular weight is 338 g/mol. The molecule has 0 aliphatic heterocycles. The molecule has 5 nitrogen and oxygen atoms in total. The first kappa shape index (κ1) is 14.1. The van der Waals surface area contributed by atoms with Gasteiger partial charge in [0.2, 0.25) is 0 Å². The fourth-order valence-electron chi connectivity index (χ4n) is 2.46. The van der Waals surface area contributed by atoms with E-state index in [9.17, 15) is 5.26 Å². The van der Waals surface area contributed by atoms with Gasteiger partial charge in [0, 0.05) is 14.6 Å². The van der Waals surface area contributed by atoms with Gasteiger partial charge in [0.15, 0.2) is 11.2 Å². The minimum absolute atomic E-state index is 0.344. The molecule has 4 heterocycles. The van der Waals surface area contributed by atoms with Crippen LogP contribution in [0.15, 0.2) is 28.9 Å². The molecule has 0 saturated heterocycles. The van der Waals surface area contributed by atoms with Crippen molar-refractivity contribution in [1.82, 2.24) is 15.3 Å². The van der Waals surface area contributed by atoms with Crippen LogP contribution in [0.25, 0.3) is 32.0 Å². The van der Waals surface area contributed by atoms with Crippen LogP contribution in [0.3, 0.4) is 0 Å². The maximum absolute atomic E-state index is 9.58. The molecule has 0 aliphatic rings. The zero-order valence-corrected chi connectivity index (χ0v) is 14.0. The summed E-state index contributed by atoms with van der Waals surface area (Å²) in [7, 11) is 0. The number of hydrogen-bond acceptors (Lipinski definition) is 7. The molecule has 0 atom stereocenters. The van der Waals surface area contributed by atoms with E-state index in [0.29, 0.717) is 28.0 Å². The fourth-order valence-corrected chi connectivity index (χ4v) is 4.23. The highest BCUT2D eigenvalue weighted by atomic mass is 32.1. The number of pyridine rings is 1. The summed E-state index contributed by atoms with van der Waals surface area (Å²) in [5, 5.41) is 17.6. The van der Waals surface area contributed by atoms with Crippen molar-refractivity contribution in [2.75, 3.05) is 0 Å². The van der Waals surface area contributed by atoms with Gasteiger partial charge in [0.05, 0.1) is 10.4 Å². The molecule has 112 valence electrons. The number of thiophene rings is 2. The summed E-state index contributed by atoms with van der Waals surface area (Å²) in [6.07, 6.45) is 0. The van der Waals surface area contributed by atoms with Crippen molar-refractivity contribution in [2.45, 2.75) is 13.8 Å². The van der Waals surface area contributed by atoms with E-state index in [1.54, 1.807) is 22.7 Å². The van der Waals surface area contributed by atoms with E-state index in [1.807, 2.05) is 38.1 Å². The van der Waals surface area contributed by atoms with E-state index in [0.717, 1.165) is 14.6 Å². The van der Waals surface area contributed by atoms with Gasteiger partial charge in [-0.15, -0.1) is 22.7 Å². The van der Waals surface area contributed by atoms with Gasteiger partial charge in [-0.1, -0.05) is 0 Å². The highest BCUT2D eigenvalue weighted by Gasteiger charge is 2.22. The van der Waals surface area contributed by atoms with Crippen LogP contribution in [-0.2, 0) is 0 Å². The quantitative estimate of drug-likeness (QED) is 0.535. The molecule has 0 bridgehead atoms. The number of nitriles is 1. The van der Waals surface area contributed by atoms with Gasteiger partial charge in [0.1, 0.15) is 17.3 Å². The highest BCUT2D eigenvalue weighted by molar-refractivity contribution is 7.16. The minimum Gasteiger partial charge on any atom is -0.243 e. The first-order valence-electron chi connectivity index (χ1n) is 6.87. The lowest BCUT2D eigenvalue weighted by atomic mass is 10.1. The van der Waals surface area contributed by atoms with Crippen molar-refractivity contribution in [2.24, 2.45) is 0 Å². The van der Waals surface area contributed by atoms with Crippen LogP contribution in [0.4, 0.5) is 0 Å². The number of nitrogens with zero attached hydrogens (tertiary/aromatic N) is 4. The number of aryl methyl sites for hydroxylation is 2. The molecule has 4 rings (SSSR count). The third-order valence-corrected chi connectivity index (χ3v) is 5.50. The molecule has 0 N–H and O–H groups in total. The monoisotopic (exact) mass is 338 g/mol. The molecular weight excluding hydrogens is 328 g/mol. The lowest BCUT2D eigenvalue weighted by Crippen LogP contribution is -1.93. The van der Waals surface area contributed by atoms with Crippen LogP contribution in [-0.4, -0.2) is 15.3 Å². The second-order valence-electron chi connectivity index (χ2n) is 5.08. The second kappa shape index (κ2) is 5.26. The largest absolute Gasteiger partial charge is 0.243 e. The minimum atomic E-state index is 0.344. The van der Waals surface area contributed by atoms with Crippen molar-refractivity contribution in [3.8, 4) is 27.1 Å². The number of fused-ring (bicyclic) bond motifs is 1. The fraction of sp³-hybridized carbons (Fsp3) is 0.125. The Morgan fingerprint density at radius 3 is 2.22 bits per heavy atom. The lowest BCUT2D eigenvalue weighted by molar-refractivity contribution is 0.315. The molecule has 7 heteroatoms. The van der Waals surface area contributed by atoms with Crippen LogP contribution in [0.2, 0.25) is 0 Å². The molecule has 0 saturated carbocycles. The molecule has 0 radical (unpaired) electrons. The van der Waals surface area contributed by atoms with Gasteiger partial charge in [0.25, 0.3) is 0 Å². The molecule has 0 aromatic carbocycles. The summed E-state index contributed by atoms with van der Waals surface area (Å²) in [4.78, 5) is 8.78. The lowest BCUT2D eigenvalue weighted by Gasteiger charge is -2.04. The van der Waals surface area contributed by atoms with Crippen LogP contribution in [0.5, 0.6) is 0 Å². The van der Waals surface area contributed by atoms with Gasteiger partial charge in [-0.2, -0.15) is 5.26 Å². The molecule has 23 heavy (non-hydrogen) atoms. The summed E-state index contributed by atoms with van der Waals surface area (Å²) in [6.45, 7) is 4.05. The SMILES string of the molecule is Cc1ccc(-c2nc(C#N)c(-c3ccc(C)s3)c3nonc23)s1. The van der Waals surface area contributed by atoms with Gasteiger partial charge in [-0.05, 0) is 48.4 Å². The highest BCUT2D eigenvalue weighted by Crippen LogP contribution is 2.38. The smallest absolute Gasteiger partial charge is 0.163 e. The Morgan fingerprint density at radius 2 is 1.61 bits per heavy atom. The summed E-state index contributed by atoms with van der Waals surface area (Å²) in [6, 6.07) is 10.2. The Morgan fingerprint density at radius 1 is 0.957 bits per heavy atom. The molecule has 4 aromatic rings. The standard InChI is InChI=1S/C16H10N4OS2/c1-8-3-5-11(22-8)13-10(7-17)18-14(12-6-4-9(2)23-12)16-15(13)19-21-20-16/h3-6H,1-2H3. The summed E-state index contributed by atoms with van der Waals surface area (Å²) < 4.78 is 4.96. The Balaban J connectivity index is 2.07. The molecular formula is C16H10N4OS2. The third-order valence-electron chi connectivity index (χ3n) is 3.48. The van der Waals surface area contributed by atoms with E-state index in [-0.39, 0.29) is 0 Å². The maximum Gasteiger partial charge on any atom is 0.163 e. The molecule has 0 unspecified atom stereocenters. The van der Waals surface area contributed by atoms with Crippen molar-refractivity contribution in [3.05, 3.63) is 39.7 Å². The summed E-state index contributed by atoms with van der Waals surface area (Å²) in [5.41, 5.74) is 2.86. The van der Waals surface area contributed by atoms with Crippen LogP contribution >= 0.6 is 22.7 Å². The molecule has 4 aromatic heterocycles. The predicted molar refractivity (Wildman–Crippen MR) is 90.4 cm³/mol. The van der Waals surface area contributed by atoms with Crippen molar-refractivity contribution in [1.29, 1.82) is 5.26 Å². The second-order valence-corrected chi connectivity index (χ2v) is 7.65. The van der Waals surface area contributed by atoms with Crippen molar-refractivity contribution >= 4 is 33.7 Å². The first-order valence-corrected chi connectivity index (χ1v) is 8.50. The Hall–Kier alpha value is -2.56. The maximum atomic E-state index is 9.58. The van der Waals surface area contributed by atoms with E-state index in [4.69, 9.17) is 4.63 Å². The van der Waals surface area contributed by atoms with Gasteiger partial charge in [-0.3, -0.25) is 0 Å². The number of hydrogen-bond donors (Lipinski definition) is 0. The average Bonchev–Trinajstić information content (AvgIpc) is 3.26. The van der Waals surface area contributed by atoms with E-state index < -0.39 is 0 Å². The van der Waals surface area contributed by atoms with Gasteiger partial charge < -0.3 is 0 Å². The van der Waals surface area contributed by atoms with Crippen molar-refractivity contribution in [3.63, 3.8) is 0 Å². The molecule has 0 aliphatic carbocycles. The molecule has 0 fully saturated rings. The molecule has 0 spiro atoms. The van der Waals surface area contributed by atoms with Crippen LogP contribution < -0.4 is 0 Å². The topological polar surface area (TPSA) is 75.6 Å². The first-order chi connectivity index (χ1) is 11.2. The predicted octanol–water partition coefficient (Wildman–Crippen LogP) is 4.56. The Kier molecular flexibility index (Phi) is 3.22. The van der Waals surface area contributed by atoms with E-state index in [2.05, 4.69) is 21.4 Å². The van der Waals surface area contributed by atoms with Crippen molar-refractivity contribution < 1.29 is 4.63 Å². The van der Waals surface area contributed by atoms with E-state index in [1.165, 1.54) is 4.88 Å². The summed E-state index contributed by atoms with van der Waals surface area (Å²) >= 11 is 3.20. The van der Waals surface area contributed by atoms with Crippen LogP contribution in [0, 0.1) is 25.2 Å².